The molecule has 4 saturated carbocycles. The van der Waals surface area contributed by atoms with E-state index >= 15 is 0 Å². The van der Waals surface area contributed by atoms with Crippen molar-refractivity contribution in [1.29, 1.82) is 0 Å². The fraction of sp³-hybridized carbons (Fsp3) is 0.909. The summed E-state index contributed by atoms with van der Waals surface area (Å²) in [5, 5.41) is 4.18. The Bertz CT molecular complexity index is 643. The number of carbonyl (C=O) groups excluding carboxylic acids is 2. The first-order chi connectivity index (χ1) is 14.0. The number of amides is 2. The summed E-state index contributed by atoms with van der Waals surface area (Å²) in [5.41, 5.74) is 0. The molecule has 4 fully saturated rings. The second kappa shape index (κ2) is 7.66. The Kier molecular flexibility index (Phi) is 5.59. The number of alkyl halides is 4. The van der Waals surface area contributed by atoms with E-state index in [4.69, 9.17) is 0 Å². The highest BCUT2D eigenvalue weighted by molar-refractivity contribution is 5.95. The molecule has 8 atom stereocenters. The topological polar surface area (TPSA) is 58.2 Å². The van der Waals surface area contributed by atoms with E-state index in [0.717, 1.165) is 51.4 Å². The SMILES string of the molecule is C[C@H](NC(=O)C(F)(F)C(F)(F)C(=O)N[C@H](C)[C@H]1C[C@H]2CC[C@H]1C2)[C@H]1C[C@H]2CC[C@H]1C2. The number of hydrogen-bond acceptors (Lipinski definition) is 2. The zero-order valence-electron chi connectivity index (χ0n) is 17.6. The normalized spacial score (nSPS) is 37.3. The minimum absolute atomic E-state index is 0.0313. The van der Waals surface area contributed by atoms with Gasteiger partial charge in [-0.15, -0.1) is 0 Å². The Morgan fingerprint density at radius 2 is 1.07 bits per heavy atom. The van der Waals surface area contributed by atoms with Crippen molar-refractivity contribution in [2.24, 2.45) is 35.5 Å². The Balaban J connectivity index is 1.36. The molecule has 4 bridgehead atoms. The van der Waals surface area contributed by atoms with Crippen molar-refractivity contribution in [2.45, 2.75) is 89.1 Å². The van der Waals surface area contributed by atoms with Crippen LogP contribution in [0.3, 0.4) is 0 Å². The van der Waals surface area contributed by atoms with E-state index in [1.54, 1.807) is 13.8 Å². The molecular formula is C22H32F4N2O2. The minimum atomic E-state index is -5.10. The van der Waals surface area contributed by atoms with E-state index in [0.29, 0.717) is 23.7 Å². The van der Waals surface area contributed by atoms with Crippen LogP contribution in [0.25, 0.3) is 0 Å². The number of fused-ring (bicyclic) bond motifs is 4. The fourth-order valence-corrected chi connectivity index (χ4v) is 6.91. The molecule has 4 rings (SSSR count). The predicted molar refractivity (Wildman–Crippen MR) is 103 cm³/mol. The van der Waals surface area contributed by atoms with Gasteiger partial charge in [0, 0.05) is 12.1 Å². The third kappa shape index (κ3) is 3.62. The van der Waals surface area contributed by atoms with Gasteiger partial charge >= 0.3 is 11.8 Å². The molecule has 0 aliphatic heterocycles. The summed E-state index contributed by atoms with van der Waals surface area (Å²) in [5.74, 6) is -12.5. The molecule has 30 heavy (non-hydrogen) atoms. The van der Waals surface area contributed by atoms with Crippen molar-refractivity contribution in [2.75, 3.05) is 0 Å². The lowest BCUT2D eigenvalue weighted by Crippen LogP contribution is -2.62. The van der Waals surface area contributed by atoms with E-state index in [-0.39, 0.29) is 11.8 Å². The molecule has 0 spiro atoms. The van der Waals surface area contributed by atoms with Gasteiger partial charge in [-0.3, -0.25) is 9.59 Å². The zero-order valence-corrected chi connectivity index (χ0v) is 17.6. The number of hydrogen-bond donors (Lipinski definition) is 2. The maximum Gasteiger partial charge on any atom is 0.395 e. The molecule has 8 heteroatoms. The van der Waals surface area contributed by atoms with Crippen molar-refractivity contribution in [3.8, 4) is 0 Å². The van der Waals surface area contributed by atoms with E-state index < -0.39 is 35.7 Å². The van der Waals surface area contributed by atoms with Gasteiger partial charge in [0.1, 0.15) is 0 Å². The Morgan fingerprint density at radius 3 is 1.33 bits per heavy atom. The standard InChI is InChI=1S/C22H32F4N2O2/c1-11(17-9-13-3-5-15(17)7-13)27-19(29)21(23,24)22(25,26)20(30)28-12(2)18-10-14-4-6-16(18)8-14/h11-18H,3-10H2,1-2H3,(H,27,29)(H,28,30)/t11-,12+,13-,14-,15-,16-,17+,18+/m0/s1. The Labute approximate surface area is 174 Å². The van der Waals surface area contributed by atoms with Crippen molar-refractivity contribution in [3.63, 3.8) is 0 Å². The van der Waals surface area contributed by atoms with Crippen LogP contribution in [0.2, 0.25) is 0 Å². The minimum Gasteiger partial charge on any atom is -0.348 e. The summed E-state index contributed by atoms with van der Waals surface area (Å²) in [7, 11) is 0. The van der Waals surface area contributed by atoms with Crippen LogP contribution in [0.1, 0.15) is 65.2 Å². The highest BCUT2D eigenvalue weighted by atomic mass is 19.3. The van der Waals surface area contributed by atoms with Gasteiger partial charge in [-0.1, -0.05) is 12.8 Å². The van der Waals surface area contributed by atoms with E-state index in [1.165, 1.54) is 0 Å². The molecular weight excluding hydrogens is 400 g/mol. The number of halogens is 4. The van der Waals surface area contributed by atoms with Gasteiger partial charge in [-0.25, -0.2) is 0 Å². The summed E-state index contributed by atoms with van der Waals surface area (Å²) in [4.78, 5) is 24.2. The van der Waals surface area contributed by atoms with Crippen LogP contribution < -0.4 is 10.6 Å². The summed E-state index contributed by atoms with van der Waals surface area (Å²) in [6.07, 6.45) is 7.89. The van der Waals surface area contributed by atoms with E-state index in [2.05, 4.69) is 10.6 Å². The summed E-state index contributed by atoms with van der Waals surface area (Å²) in [6.45, 7) is 3.18. The van der Waals surface area contributed by atoms with Crippen LogP contribution in [0.4, 0.5) is 17.6 Å². The first-order valence-corrected chi connectivity index (χ1v) is 11.4. The Morgan fingerprint density at radius 1 is 0.700 bits per heavy atom. The maximum atomic E-state index is 14.4. The summed E-state index contributed by atoms with van der Waals surface area (Å²) < 4.78 is 57.7. The highest BCUT2D eigenvalue weighted by Gasteiger charge is 2.67. The second-order valence-electron chi connectivity index (χ2n) is 10.4. The van der Waals surface area contributed by atoms with E-state index in [1.807, 2.05) is 0 Å². The lowest BCUT2D eigenvalue weighted by Gasteiger charge is -2.33. The van der Waals surface area contributed by atoms with Crippen molar-refractivity contribution in [1.82, 2.24) is 10.6 Å². The monoisotopic (exact) mass is 432 g/mol. The zero-order chi connectivity index (χ0) is 21.8. The lowest BCUT2D eigenvalue weighted by molar-refractivity contribution is -0.212. The molecule has 0 unspecified atom stereocenters. The third-order valence-corrected chi connectivity index (χ3v) is 8.55. The number of rotatable bonds is 7. The predicted octanol–water partition coefficient (Wildman–Crippen LogP) is 4.14. The average Bonchev–Trinajstić information content (AvgIpc) is 3.47. The molecule has 2 N–H and O–H groups in total. The van der Waals surface area contributed by atoms with Gasteiger partial charge in [0.2, 0.25) is 0 Å². The molecule has 170 valence electrons. The van der Waals surface area contributed by atoms with Gasteiger partial charge in [0.15, 0.2) is 0 Å². The molecule has 4 nitrogen and oxygen atoms in total. The van der Waals surface area contributed by atoms with Gasteiger partial charge in [0.25, 0.3) is 11.8 Å². The molecule has 2 amide bonds. The van der Waals surface area contributed by atoms with Gasteiger partial charge in [-0.2, -0.15) is 17.6 Å². The average molecular weight is 433 g/mol. The van der Waals surface area contributed by atoms with Crippen molar-refractivity contribution in [3.05, 3.63) is 0 Å². The van der Waals surface area contributed by atoms with Crippen molar-refractivity contribution >= 4 is 11.8 Å². The Hall–Kier alpha value is -1.34. The molecule has 0 heterocycles. The van der Waals surface area contributed by atoms with Gasteiger partial charge < -0.3 is 10.6 Å². The first-order valence-electron chi connectivity index (χ1n) is 11.4. The second-order valence-corrected chi connectivity index (χ2v) is 10.4. The van der Waals surface area contributed by atoms with Crippen LogP contribution in [-0.4, -0.2) is 35.7 Å². The molecule has 0 aromatic carbocycles. The lowest BCUT2D eigenvalue weighted by atomic mass is 9.83. The largest absolute Gasteiger partial charge is 0.395 e. The molecule has 4 aliphatic rings. The maximum absolute atomic E-state index is 14.4. The summed E-state index contributed by atoms with van der Waals surface area (Å²) in [6, 6.07) is -1.24. The molecule has 0 aromatic heterocycles. The van der Waals surface area contributed by atoms with Gasteiger partial charge in [-0.05, 0) is 87.9 Å². The number of nitrogens with one attached hydrogen (secondary N) is 2. The molecule has 0 aromatic rings. The van der Waals surface area contributed by atoms with Gasteiger partial charge in [0.05, 0.1) is 0 Å². The first kappa shape index (κ1) is 21.9. The third-order valence-electron chi connectivity index (χ3n) is 8.55. The fourth-order valence-electron chi connectivity index (χ4n) is 6.91. The quantitative estimate of drug-likeness (QED) is 0.594. The highest BCUT2D eigenvalue weighted by Crippen LogP contribution is 2.50. The molecule has 0 saturated heterocycles. The van der Waals surface area contributed by atoms with E-state index in [9.17, 15) is 27.2 Å². The van der Waals surface area contributed by atoms with Crippen LogP contribution in [-0.2, 0) is 9.59 Å². The number of carbonyl (C=O) groups is 2. The molecule has 0 radical (unpaired) electrons. The smallest absolute Gasteiger partial charge is 0.348 e. The summed E-state index contributed by atoms with van der Waals surface area (Å²) >= 11 is 0. The van der Waals surface area contributed by atoms with Crippen LogP contribution in [0.5, 0.6) is 0 Å². The van der Waals surface area contributed by atoms with Crippen molar-refractivity contribution < 1.29 is 27.2 Å². The van der Waals surface area contributed by atoms with Crippen LogP contribution in [0.15, 0.2) is 0 Å². The van der Waals surface area contributed by atoms with Crippen LogP contribution >= 0.6 is 0 Å². The van der Waals surface area contributed by atoms with Crippen LogP contribution in [0, 0.1) is 35.5 Å². The molecule has 4 aliphatic carbocycles.